The van der Waals surface area contributed by atoms with Crippen molar-refractivity contribution in [2.75, 3.05) is 0 Å². The normalized spacial score (nSPS) is 35.5. The molecule has 4 bridgehead atoms. The predicted octanol–water partition coefficient (Wildman–Crippen LogP) is 5.08. The lowest BCUT2D eigenvalue weighted by Gasteiger charge is -2.56. The average molecular weight is 445 g/mol. The molecule has 2 unspecified atom stereocenters. The van der Waals surface area contributed by atoms with Gasteiger partial charge in [0.05, 0.1) is 0 Å². The number of carbonyl (C=O) groups is 1. The summed E-state index contributed by atoms with van der Waals surface area (Å²) in [6, 6.07) is 9.64. The van der Waals surface area contributed by atoms with Gasteiger partial charge >= 0.3 is 12.1 Å². The zero-order valence-electron chi connectivity index (χ0n) is 17.7. The Morgan fingerprint density at radius 3 is 2.19 bits per heavy atom. The molecule has 5 nitrogen and oxygen atoms in total. The van der Waals surface area contributed by atoms with Gasteiger partial charge in [-0.2, -0.15) is 13.2 Å². The molecular weight excluding hydrogens is 419 g/mol. The SMILES string of the molecule is O=C(OC1CC(c2ccccc2)Cc2nnc(C34CC5CC(CC(C5)C3)C4)n21)C(F)(F)F. The molecule has 1 aromatic carbocycles. The molecule has 2 atom stereocenters. The Labute approximate surface area is 184 Å². The minimum Gasteiger partial charge on any atom is -0.434 e. The van der Waals surface area contributed by atoms with E-state index in [4.69, 9.17) is 4.74 Å². The monoisotopic (exact) mass is 445 g/mol. The van der Waals surface area contributed by atoms with Crippen LogP contribution in [0.15, 0.2) is 30.3 Å². The Bertz CT molecular complexity index is 998. The van der Waals surface area contributed by atoms with Gasteiger partial charge in [0.15, 0.2) is 6.23 Å². The smallest absolute Gasteiger partial charge is 0.434 e. The summed E-state index contributed by atoms with van der Waals surface area (Å²) in [5.74, 6) is 1.12. The molecule has 5 aliphatic rings. The maximum Gasteiger partial charge on any atom is 0.491 e. The Hall–Kier alpha value is -2.38. The van der Waals surface area contributed by atoms with Crippen molar-refractivity contribution in [2.24, 2.45) is 17.8 Å². The lowest BCUT2D eigenvalue weighted by Crippen LogP contribution is -2.50. The van der Waals surface area contributed by atoms with Crippen LogP contribution in [0.2, 0.25) is 0 Å². The lowest BCUT2D eigenvalue weighted by molar-refractivity contribution is -0.210. The van der Waals surface area contributed by atoms with Crippen molar-refractivity contribution >= 4 is 5.97 Å². The number of ether oxygens (including phenoxy) is 1. The van der Waals surface area contributed by atoms with Gasteiger partial charge < -0.3 is 4.74 Å². The lowest BCUT2D eigenvalue weighted by atomic mass is 9.49. The fourth-order valence-electron chi connectivity index (χ4n) is 7.43. The number of fused-ring (bicyclic) bond motifs is 1. The zero-order chi connectivity index (χ0) is 22.1. The summed E-state index contributed by atoms with van der Waals surface area (Å²) in [7, 11) is 0. The number of hydrogen-bond acceptors (Lipinski definition) is 4. The first-order chi connectivity index (χ1) is 15.3. The van der Waals surface area contributed by atoms with Crippen molar-refractivity contribution < 1.29 is 22.7 Å². The van der Waals surface area contributed by atoms with Crippen LogP contribution in [0.4, 0.5) is 13.2 Å². The van der Waals surface area contributed by atoms with Gasteiger partial charge in [-0.25, -0.2) is 4.79 Å². The molecule has 0 N–H and O–H groups in total. The molecule has 8 heteroatoms. The van der Waals surface area contributed by atoms with E-state index in [1.165, 1.54) is 19.3 Å². The molecule has 32 heavy (non-hydrogen) atoms. The average Bonchev–Trinajstić information content (AvgIpc) is 3.18. The van der Waals surface area contributed by atoms with Crippen LogP contribution in [0.5, 0.6) is 0 Å². The van der Waals surface area contributed by atoms with Gasteiger partial charge in [-0.3, -0.25) is 4.57 Å². The summed E-state index contributed by atoms with van der Waals surface area (Å²) in [5, 5.41) is 9.03. The van der Waals surface area contributed by atoms with Crippen LogP contribution >= 0.6 is 0 Å². The number of rotatable bonds is 3. The van der Waals surface area contributed by atoms with Crippen molar-refractivity contribution in [3.63, 3.8) is 0 Å². The fraction of sp³-hybridized carbons (Fsp3) is 0.625. The van der Waals surface area contributed by atoms with Gasteiger partial charge in [0.1, 0.15) is 11.6 Å². The maximum atomic E-state index is 13.1. The number of nitrogens with zero attached hydrogens (tertiary/aromatic N) is 3. The van der Waals surface area contributed by atoms with E-state index in [0.717, 1.165) is 30.7 Å². The topological polar surface area (TPSA) is 57.0 Å². The van der Waals surface area contributed by atoms with Gasteiger partial charge in [-0.1, -0.05) is 30.3 Å². The van der Waals surface area contributed by atoms with Crippen LogP contribution in [-0.2, 0) is 21.4 Å². The van der Waals surface area contributed by atoms with E-state index in [1.807, 2.05) is 30.3 Å². The quantitative estimate of drug-likeness (QED) is 0.619. The molecule has 0 amide bonds. The second-order valence-corrected chi connectivity index (χ2v) is 10.4. The zero-order valence-corrected chi connectivity index (χ0v) is 17.7. The number of aromatic nitrogens is 3. The molecule has 2 aromatic rings. The molecule has 1 aromatic heterocycles. The van der Waals surface area contributed by atoms with Crippen LogP contribution in [0.25, 0.3) is 0 Å². The molecule has 0 spiro atoms. The number of benzene rings is 1. The first kappa shape index (κ1) is 20.2. The van der Waals surface area contributed by atoms with E-state index in [0.29, 0.717) is 30.0 Å². The molecule has 0 saturated heterocycles. The number of esters is 1. The highest BCUT2D eigenvalue weighted by atomic mass is 19.4. The molecule has 4 fully saturated rings. The summed E-state index contributed by atoms with van der Waals surface area (Å²) in [5.41, 5.74) is 0.855. The highest BCUT2D eigenvalue weighted by Gasteiger charge is 2.55. The Morgan fingerprint density at radius 2 is 1.59 bits per heavy atom. The van der Waals surface area contributed by atoms with Crippen LogP contribution in [0, 0.1) is 17.8 Å². The number of halogens is 3. The molecule has 4 saturated carbocycles. The largest absolute Gasteiger partial charge is 0.491 e. The first-order valence-electron chi connectivity index (χ1n) is 11.6. The van der Waals surface area contributed by atoms with E-state index < -0.39 is 18.4 Å². The Balaban J connectivity index is 1.40. The summed E-state index contributed by atoms with van der Waals surface area (Å²) in [4.78, 5) is 11.9. The highest BCUT2D eigenvalue weighted by molar-refractivity contribution is 5.75. The van der Waals surface area contributed by atoms with E-state index >= 15 is 0 Å². The highest BCUT2D eigenvalue weighted by Crippen LogP contribution is 2.61. The van der Waals surface area contributed by atoms with Gasteiger partial charge in [-0.05, 0) is 67.8 Å². The van der Waals surface area contributed by atoms with Crippen molar-refractivity contribution in [3.05, 3.63) is 47.5 Å². The summed E-state index contributed by atoms with van der Waals surface area (Å²) < 4.78 is 46.3. The van der Waals surface area contributed by atoms with Gasteiger partial charge in [0.2, 0.25) is 0 Å². The van der Waals surface area contributed by atoms with E-state index in [1.54, 1.807) is 4.57 Å². The third-order valence-electron chi connectivity index (χ3n) is 8.23. The van der Waals surface area contributed by atoms with Crippen molar-refractivity contribution in [2.45, 2.75) is 75.1 Å². The third kappa shape index (κ3) is 3.25. The van der Waals surface area contributed by atoms with Gasteiger partial charge in [0.25, 0.3) is 0 Å². The van der Waals surface area contributed by atoms with Crippen molar-refractivity contribution in [3.8, 4) is 0 Å². The van der Waals surface area contributed by atoms with Crippen LogP contribution in [0.3, 0.4) is 0 Å². The van der Waals surface area contributed by atoms with Crippen LogP contribution in [-0.4, -0.2) is 26.9 Å². The summed E-state index contributed by atoms with van der Waals surface area (Å²) in [6.45, 7) is 0. The molecule has 2 heterocycles. The van der Waals surface area contributed by atoms with Gasteiger partial charge in [0, 0.05) is 18.3 Å². The summed E-state index contributed by atoms with van der Waals surface area (Å²) in [6.07, 6.45) is 1.58. The number of hydrogen-bond donors (Lipinski definition) is 0. The number of alkyl halides is 3. The summed E-state index contributed by atoms with van der Waals surface area (Å²) >= 11 is 0. The predicted molar refractivity (Wildman–Crippen MR) is 109 cm³/mol. The van der Waals surface area contributed by atoms with Crippen molar-refractivity contribution in [1.82, 2.24) is 14.8 Å². The van der Waals surface area contributed by atoms with E-state index in [9.17, 15) is 18.0 Å². The van der Waals surface area contributed by atoms with Gasteiger partial charge in [-0.15, -0.1) is 10.2 Å². The Kier molecular flexibility index (Phi) is 4.46. The fourth-order valence-corrected chi connectivity index (χ4v) is 7.43. The third-order valence-corrected chi connectivity index (χ3v) is 8.23. The molecule has 4 aliphatic carbocycles. The van der Waals surface area contributed by atoms with Crippen molar-refractivity contribution in [1.29, 1.82) is 0 Å². The minimum absolute atomic E-state index is 0.0804. The molecule has 170 valence electrons. The van der Waals surface area contributed by atoms with Crippen LogP contribution < -0.4 is 0 Å². The standard InChI is InChI=1S/C24H26F3N3O2/c25-24(26,27)22(31)32-20-10-18(17-4-2-1-3-5-17)9-19-28-29-21(30(19)20)23-11-14-6-15(12-23)8-16(7-14)13-23/h1-5,14-16,18,20H,6-13H2. The second kappa shape index (κ2) is 7.06. The molecule has 0 radical (unpaired) electrons. The maximum absolute atomic E-state index is 13.1. The van der Waals surface area contributed by atoms with Crippen LogP contribution in [0.1, 0.15) is 74.3 Å². The molecular formula is C24H26F3N3O2. The molecule has 7 rings (SSSR count). The van der Waals surface area contributed by atoms with E-state index in [-0.39, 0.29) is 17.8 Å². The number of carbonyl (C=O) groups excluding carboxylic acids is 1. The minimum atomic E-state index is -5.03. The second-order valence-electron chi connectivity index (χ2n) is 10.4. The van der Waals surface area contributed by atoms with E-state index in [2.05, 4.69) is 10.2 Å². The Morgan fingerprint density at radius 1 is 0.969 bits per heavy atom. The molecule has 1 aliphatic heterocycles. The first-order valence-corrected chi connectivity index (χ1v) is 11.6.